The number of hydrogen-bond donors (Lipinski definition) is 0. The van der Waals surface area contributed by atoms with Gasteiger partial charge in [-0.2, -0.15) is 0 Å². The minimum Gasteiger partial charge on any atom is -0.413 e. The lowest BCUT2D eigenvalue weighted by Crippen LogP contribution is -2.84. The molecule has 4 aromatic carbocycles. The van der Waals surface area contributed by atoms with E-state index in [0.717, 1.165) is 62.5 Å². The van der Waals surface area contributed by atoms with Gasteiger partial charge >= 0.3 is 35.2 Å². The predicted molar refractivity (Wildman–Crippen MR) is 509 cm³/mol. The maximum atomic E-state index is 8.72. The average Bonchev–Trinajstić information content (AvgIpc) is 0.978. The van der Waals surface area contributed by atoms with E-state index >= 15 is 0 Å². The van der Waals surface area contributed by atoms with E-state index in [2.05, 4.69) is 343 Å². The van der Waals surface area contributed by atoms with Gasteiger partial charge < -0.3 is 32.9 Å². The third-order valence-corrected chi connectivity index (χ3v) is 58.6. The fourth-order valence-corrected chi connectivity index (χ4v) is 58.0. The Labute approximate surface area is 712 Å². The molecule has 1 fully saturated rings. The Morgan fingerprint density at radius 1 is 0.188 bits per heavy atom. The summed E-state index contributed by atoms with van der Waals surface area (Å²) >= 11 is 21.6. The zero-order valence-electron chi connectivity index (χ0n) is 63.6. The van der Waals surface area contributed by atoms with Gasteiger partial charge in [-0.1, -0.05) is 121 Å². The molecule has 0 bridgehead atoms. The van der Waals surface area contributed by atoms with Gasteiger partial charge in [0, 0.05) is 118 Å². The van der Waals surface area contributed by atoms with E-state index in [1.54, 1.807) is 90.7 Å². The molecule has 0 unspecified atom stereocenters. The predicted octanol–water partition coefficient (Wildman–Crippen LogP) is 27.6. The Morgan fingerprint density at radius 3 is 0.491 bits per heavy atom. The maximum Gasteiger partial charge on any atom is 0.512 e. The number of hydrogen-bond acceptors (Lipinski definition) is 20. The molecular formula is C84H80O8S12Si8. The molecule has 12 aromatic heterocycles. The summed E-state index contributed by atoms with van der Waals surface area (Å²) in [7, 11) is -30.0. The van der Waals surface area contributed by atoms with Crippen LogP contribution in [0.2, 0.25) is 78.6 Å². The molecule has 112 heavy (non-hydrogen) atoms. The molecule has 1 aliphatic rings. The molecule has 17 rings (SSSR count). The summed E-state index contributed by atoms with van der Waals surface area (Å²) in [6.45, 7) is 26.6. The normalized spacial score (nSPS) is 18.7. The molecule has 0 aliphatic carbocycles. The molecule has 568 valence electrons. The fraction of sp³-hybridized carbons (Fsp3) is 0.143. The number of benzene rings is 4. The van der Waals surface area contributed by atoms with Gasteiger partial charge in [0.15, 0.2) is 33.3 Å². The highest BCUT2D eigenvalue weighted by atomic mass is 32.1. The van der Waals surface area contributed by atoms with Crippen molar-refractivity contribution in [3.05, 3.63) is 264 Å². The molecule has 0 N–H and O–H groups in total. The van der Waals surface area contributed by atoms with Crippen LogP contribution in [-0.2, 0) is 32.9 Å². The Kier molecular flexibility index (Phi) is 22.5. The van der Waals surface area contributed by atoms with Crippen LogP contribution in [0.4, 0.5) is 0 Å². The number of thiophene rings is 12. The van der Waals surface area contributed by atoms with Crippen LogP contribution in [-0.4, -0.2) is 68.5 Å². The van der Waals surface area contributed by atoms with Gasteiger partial charge in [-0.15, -0.1) is 136 Å². The first-order valence-corrected chi connectivity index (χ1v) is 67.3. The molecule has 16 aromatic rings. The Balaban J connectivity index is 0.850. The minimum atomic E-state index is -4.66. The van der Waals surface area contributed by atoms with E-state index in [-0.39, 0.29) is 0 Å². The Bertz CT molecular complexity index is 5130. The van der Waals surface area contributed by atoms with E-state index in [1.165, 1.54) is 78.0 Å². The smallest absolute Gasteiger partial charge is 0.413 e. The summed E-state index contributed by atoms with van der Waals surface area (Å²) in [5.74, 6) is 0. The van der Waals surface area contributed by atoms with Crippen LogP contribution >= 0.6 is 136 Å². The van der Waals surface area contributed by atoms with Crippen molar-refractivity contribution in [3.63, 3.8) is 0 Å². The van der Waals surface area contributed by atoms with Crippen LogP contribution in [0, 0.1) is 0 Å². The summed E-state index contributed by atoms with van der Waals surface area (Å²) in [6, 6.07) is 88.2. The largest absolute Gasteiger partial charge is 0.512 e. The highest BCUT2D eigenvalue weighted by Crippen LogP contribution is 2.48. The summed E-state index contributed by atoms with van der Waals surface area (Å²) in [5.41, 5.74) is 4.24. The van der Waals surface area contributed by atoms with Crippen molar-refractivity contribution in [1.29, 1.82) is 0 Å². The monoisotopic (exact) mass is 1820 g/mol. The van der Waals surface area contributed by atoms with E-state index < -0.39 is 68.5 Å². The van der Waals surface area contributed by atoms with E-state index in [9.17, 15) is 0 Å². The van der Waals surface area contributed by atoms with Crippen molar-refractivity contribution in [2.75, 3.05) is 0 Å². The van der Waals surface area contributed by atoms with Crippen LogP contribution in [0.5, 0.6) is 0 Å². The van der Waals surface area contributed by atoms with Crippen molar-refractivity contribution in [2.45, 2.75) is 78.6 Å². The first-order valence-electron chi connectivity index (χ1n) is 36.7. The SMILES string of the molecule is C[Si](C)(C)O[Si]1(c2ccc(-c3ccc(-c4ccc(-c5cccs5)s4)s3)cc2)O[Si](O[Si](C)(C)C)(c2ccc(-c3ccc(-c4ccc(-c5cccs5)s4)s3)cc2)O[Si](O[Si](C)(C)C)(c2ccc(-c3ccc(-c4ccc(-c5cccs5)s4)s3)cc2)O[Si](O[Si](C)(C)C)(c2ccc(-c3ccc(-c4ccc(-c5cccs5)s4)s3)cc2)O1. The second-order valence-electron chi connectivity index (χ2n) is 31.0. The molecule has 0 atom stereocenters. The van der Waals surface area contributed by atoms with Gasteiger partial charge in [0.2, 0.25) is 0 Å². The fourth-order valence-electron chi connectivity index (χ4n) is 13.2. The summed E-state index contributed by atoms with van der Waals surface area (Å²) < 4.78 is 67.4. The van der Waals surface area contributed by atoms with Crippen LogP contribution in [0.1, 0.15) is 0 Å². The zero-order valence-corrected chi connectivity index (χ0v) is 81.4. The molecule has 13 heterocycles. The Morgan fingerprint density at radius 2 is 0.339 bits per heavy atom. The van der Waals surface area contributed by atoms with Crippen molar-refractivity contribution in [1.82, 2.24) is 0 Å². The molecule has 1 saturated heterocycles. The number of rotatable bonds is 24. The minimum absolute atomic E-state index is 0.746. The van der Waals surface area contributed by atoms with Crippen LogP contribution < -0.4 is 20.7 Å². The van der Waals surface area contributed by atoms with E-state index in [1.807, 2.05) is 45.3 Å². The molecule has 8 nitrogen and oxygen atoms in total. The Hall–Kier alpha value is -5.30. The van der Waals surface area contributed by atoms with Gasteiger partial charge in [-0.3, -0.25) is 0 Å². The van der Waals surface area contributed by atoms with Crippen LogP contribution in [0.3, 0.4) is 0 Å². The molecule has 0 amide bonds. The maximum absolute atomic E-state index is 8.72. The summed E-state index contributed by atoms with van der Waals surface area (Å²) in [4.78, 5) is 24.6. The summed E-state index contributed by atoms with van der Waals surface area (Å²) in [6.07, 6.45) is 0. The second kappa shape index (κ2) is 31.9. The lowest BCUT2D eigenvalue weighted by molar-refractivity contribution is 0.104. The highest BCUT2D eigenvalue weighted by Gasteiger charge is 2.73. The molecular weight excluding hydrogens is 1750 g/mol. The van der Waals surface area contributed by atoms with E-state index in [4.69, 9.17) is 32.9 Å². The third kappa shape index (κ3) is 17.4. The van der Waals surface area contributed by atoms with Crippen molar-refractivity contribution in [3.8, 4) is 120 Å². The zero-order chi connectivity index (χ0) is 77.4. The van der Waals surface area contributed by atoms with Gasteiger partial charge in [-0.25, -0.2) is 0 Å². The average molecular weight is 1830 g/mol. The molecule has 1 aliphatic heterocycles. The van der Waals surface area contributed by atoms with Gasteiger partial charge in [-0.05, 0) is 244 Å². The first kappa shape index (κ1) is 79.2. The van der Waals surface area contributed by atoms with Gasteiger partial charge in [0.25, 0.3) is 0 Å². The first-order chi connectivity index (χ1) is 53.7. The van der Waals surface area contributed by atoms with Crippen molar-refractivity contribution < 1.29 is 32.9 Å². The summed E-state index contributed by atoms with van der Waals surface area (Å²) in [5, 5.41) is 11.6. The molecule has 28 heteroatoms. The van der Waals surface area contributed by atoms with Gasteiger partial charge in [0.1, 0.15) is 0 Å². The van der Waals surface area contributed by atoms with E-state index in [0.29, 0.717) is 0 Å². The van der Waals surface area contributed by atoms with Crippen LogP contribution in [0.25, 0.3) is 120 Å². The van der Waals surface area contributed by atoms with Crippen LogP contribution in [0.15, 0.2) is 264 Å². The van der Waals surface area contributed by atoms with Crippen molar-refractivity contribution in [2.24, 2.45) is 0 Å². The molecule has 0 spiro atoms. The third-order valence-electron chi connectivity index (χ3n) is 17.8. The van der Waals surface area contributed by atoms with Gasteiger partial charge in [0.05, 0.1) is 0 Å². The quantitative estimate of drug-likeness (QED) is 0.0554. The molecule has 0 radical (unpaired) electrons. The highest BCUT2D eigenvalue weighted by molar-refractivity contribution is 7.29. The standard InChI is InChI=1S/C84H80O8S12Si8/c1-105(2,3)85-109(61-29-21-57(22-30-61)65-37-41-77(97-65)81-49-45-73(101-81)69-17-13-53-93-69)89-110(86-106(4,5)6,62-31-23-58(24-32-62)66-38-42-78(98-66)82-50-46-74(102-82)70-18-14-54-94-70)91-112(88-108(10,11)12,64-35-27-60(28-36-64)68-40-44-80(100-68)84-52-48-76(104-84)72-20-16-56-96-72)92-111(90-109,87-107(7,8)9)63-33-25-59(26-34-63)67-39-43-79(99-67)83-51-47-75(103-83)71-19-15-55-95-71/h13-56H,1-12H3. The topological polar surface area (TPSA) is 73.8 Å². The lowest BCUT2D eigenvalue weighted by atomic mass is 10.2. The molecule has 0 saturated carbocycles. The lowest BCUT2D eigenvalue weighted by Gasteiger charge is -2.53. The van der Waals surface area contributed by atoms with Crippen molar-refractivity contribution >= 4 is 225 Å². The second-order valence-corrected chi connectivity index (χ2v) is 73.7.